The van der Waals surface area contributed by atoms with Gasteiger partial charge in [-0.25, -0.2) is 4.98 Å². The van der Waals surface area contributed by atoms with Gasteiger partial charge in [0.2, 0.25) is 0 Å². The van der Waals surface area contributed by atoms with Gasteiger partial charge in [0, 0.05) is 63.0 Å². The molecule has 0 radical (unpaired) electrons. The van der Waals surface area contributed by atoms with Crippen molar-refractivity contribution < 1.29 is 0 Å². The summed E-state index contributed by atoms with van der Waals surface area (Å²) in [5.41, 5.74) is 1.33. The maximum absolute atomic E-state index is 4.78. The molecule has 1 aromatic rings. The van der Waals surface area contributed by atoms with E-state index in [2.05, 4.69) is 58.4 Å². The van der Waals surface area contributed by atoms with Gasteiger partial charge in [-0.2, -0.15) is 0 Å². The van der Waals surface area contributed by atoms with E-state index in [1.807, 2.05) is 7.05 Å². The lowest BCUT2D eigenvalue weighted by atomic mass is 9.93. The van der Waals surface area contributed by atoms with Crippen LogP contribution in [0.4, 0.5) is 0 Å². The van der Waals surface area contributed by atoms with Crippen LogP contribution in [0.15, 0.2) is 22.5 Å². The van der Waals surface area contributed by atoms with Crippen molar-refractivity contribution in [1.29, 1.82) is 0 Å². The van der Waals surface area contributed by atoms with Crippen molar-refractivity contribution >= 4 is 17.3 Å². The molecule has 1 atom stereocenters. The first kappa shape index (κ1) is 18.4. The van der Waals surface area contributed by atoms with Crippen LogP contribution in [0.3, 0.4) is 0 Å². The predicted octanol–water partition coefficient (Wildman–Crippen LogP) is 2.50. The highest BCUT2D eigenvalue weighted by molar-refractivity contribution is 7.09. The first-order valence-electron chi connectivity index (χ1n) is 9.27. The quantitative estimate of drug-likeness (QED) is 0.508. The van der Waals surface area contributed by atoms with Crippen molar-refractivity contribution in [2.75, 3.05) is 39.8 Å². The smallest absolute Gasteiger partial charge is 0.193 e. The number of nitrogens with one attached hydrogen (secondary N) is 1. The Morgan fingerprint density at radius 2 is 2.12 bits per heavy atom. The van der Waals surface area contributed by atoms with Crippen LogP contribution in [0.25, 0.3) is 0 Å². The lowest BCUT2D eigenvalue weighted by Gasteiger charge is -2.25. The topological polar surface area (TPSA) is 43.8 Å². The summed E-state index contributed by atoms with van der Waals surface area (Å²) < 4.78 is 0. The van der Waals surface area contributed by atoms with E-state index in [0.717, 1.165) is 45.1 Å². The number of hydrogen-bond acceptors (Lipinski definition) is 4. The molecule has 0 aromatic carbocycles. The number of aliphatic imine (C=N–C) groups is 1. The highest BCUT2D eigenvalue weighted by Gasteiger charge is 2.29. The lowest BCUT2D eigenvalue weighted by molar-refractivity contribution is 0.259. The molecule has 2 aliphatic rings. The van der Waals surface area contributed by atoms with Crippen LogP contribution in [-0.4, -0.2) is 66.6 Å². The summed E-state index contributed by atoms with van der Waals surface area (Å²) >= 11 is 1.77. The molecule has 3 rings (SSSR count). The normalized spacial score (nSPS) is 22.2. The fourth-order valence-electron chi connectivity index (χ4n) is 3.41. The van der Waals surface area contributed by atoms with Crippen molar-refractivity contribution in [3.8, 4) is 0 Å². The summed E-state index contributed by atoms with van der Waals surface area (Å²) in [6.45, 7) is 11.9. The highest BCUT2D eigenvalue weighted by Crippen LogP contribution is 2.24. The second-order valence-corrected chi connectivity index (χ2v) is 8.86. The van der Waals surface area contributed by atoms with Crippen LogP contribution in [0.2, 0.25) is 0 Å². The second kappa shape index (κ2) is 7.87. The van der Waals surface area contributed by atoms with E-state index < -0.39 is 0 Å². The SMILES string of the molecule is CN=C(NCCc1nc(C(C)(C)C)cs1)N1CCC(N2CC=CC2)C1. The van der Waals surface area contributed by atoms with E-state index in [0.29, 0.717) is 6.04 Å². The minimum absolute atomic E-state index is 0.132. The molecular weight excluding hydrogens is 330 g/mol. The number of rotatable bonds is 4. The summed E-state index contributed by atoms with van der Waals surface area (Å²) in [6.07, 6.45) is 6.72. The maximum atomic E-state index is 4.78. The molecule has 0 aliphatic carbocycles. The zero-order valence-electron chi connectivity index (χ0n) is 16.0. The molecule has 1 N–H and O–H groups in total. The Kier molecular flexibility index (Phi) is 5.79. The van der Waals surface area contributed by atoms with E-state index in [9.17, 15) is 0 Å². The minimum Gasteiger partial charge on any atom is -0.356 e. The molecule has 1 aromatic heterocycles. The predicted molar refractivity (Wildman–Crippen MR) is 107 cm³/mol. The average Bonchev–Trinajstić information content (AvgIpc) is 3.31. The fourth-order valence-corrected chi connectivity index (χ4v) is 4.43. The number of guanidine groups is 1. The molecule has 2 aliphatic heterocycles. The number of likely N-dealkylation sites (tertiary alicyclic amines) is 1. The molecule has 5 nitrogen and oxygen atoms in total. The van der Waals surface area contributed by atoms with Crippen LogP contribution >= 0.6 is 11.3 Å². The summed E-state index contributed by atoms with van der Waals surface area (Å²) in [5, 5.41) is 6.93. The monoisotopic (exact) mass is 361 g/mol. The average molecular weight is 362 g/mol. The van der Waals surface area contributed by atoms with Gasteiger partial charge >= 0.3 is 0 Å². The molecule has 1 saturated heterocycles. The molecule has 0 bridgehead atoms. The van der Waals surface area contributed by atoms with Crippen LogP contribution < -0.4 is 5.32 Å². The first-order chi connectivity index (χ1) is 12.0. The van der Waals surface area contributed by atoms with Crippen molar-refractivity contribution in [3.63, 3.8) is 0 Å². The van der Waals surface area contributed by atoms with E-state index in [-0.39, 0.29) is 5.41 Å². The van der Waals surface area contributed by atoms with Gasteiger partial charge in [-0.1, -0.05) is 32.9 Å². The number of hydrogen-bond donors (Lipinski definition) is 1. The third kappa shape index (κ3) is 4.61. The Labute approximate surface area is 155 Å². The second-order valence-electron chi connectivity index (χ2n) is 7.91. The third-order valence-electron chi connectivity index (χ3n) is 4.98. The molecule has 1 fully saturated rings. The number of aromatic nitrogens is 1. The van der Waals surface area contributed by atoms with Crippen molar-refractivity contribution in [1.82, 2.24) is 20.1 Å². The van der Waals surface area contributed by atoms with Crippen molar-refractivity contribution in [2.24, 2.45) is 4.99 Å². The molecule has 0 spiro atoms. The number of nitrogens with zero attached hydrogens (tertiary/aromatic N) is 4. The molecule has 6 heteroatoms. The summed E-state index contributed by atoms with van der Waals surface area (Å²) in [4.78, 5) is 14.2. The largest absolute Gasteiger partial charge is 0.356 e. The Morgan fingerprint density at radius 3 is 2.76 bits per heavy atom. The fraction of sp³-hybridized carbons (Fsp3) is 0.684. The summed E-state index contributed by atoms with van der Waals surface area (Å²) in [5.74, 6) is 1.03. The van der Waals surface area contributed by atoms with Gasteiger partial charge in [-0.05, 0) is 6.42 Å². The van der Waals surface area contributed by atoms with Gasteiger partial charge < -0.3 is 10.2 Å². The molecule has 0 amide bonds. The van der Waals surface area contributed by atoms with E-state index in [4.69, 9.17) is 4.98 Å². The van der Waals surface area contributed by atoms with Gasteiger partial charge in [0.1, 0.15) is 0 Å². The van der Waals surface area contributed by atoms with Gasteiger partial charge in [0.15, 0.2) is 5.96 Å². The zero-order chi connectivity index (χ0) is 17.9. The summed E-state index contributed by atoms with van der Waals surface area (Å²) in [6, 6.07) is 0.654. The van der Waals surface area contributed by atoms with E-state index >= 15 is 0 Å². The molecule has 3 heterocycles. The number of thiazole rings is 1. The highest BCUT2D eigenvalue weighted by atomic mass is 32.1. The van der Waals surface area contributed by atoms with Gasteiger partial charge in [-0.3, -0.25) is 9.89 Å². The Bertz CT molecular complexity index is 620. The van der Waals surface area contributed by atoms with Crippen LogP contribution in [-0.2, 0) is 11.8 Å². The molecule has 0 saturated carbocycles. The van der Waals surface area contributed by atoms with Crippen molar-refractivity contribution in [2.45, 2.75) is 45.1 Å². The third-order valence-corrected chi connectivity index (χ3v) is 5.89. The van der Waals surface area contributed by atoms with Gasteiger partial charge in [0.25, 0.3) is 0 Å². The Morgan fingerprint density at radius 1 is 1.36 bits per heavy atom. The molecular formula is C19H31N5S. The standard InChI is InChI=1S/C19H31N5S/c1-19(2,3)16-14-25-17(22-16)7-9-21-18(20-4)24-12-8-15(13-24)23-10-5-6-11-23/h5-6,14-15H,7-13H2,1-4H3,(H,20,21). The minimum atomic E-state index is 0.132. The molecule has 25 heavy (non-hydrogen) atoms. The van der Waals surface area contributed by atoms with Crippen LogP contribution in [0, 0.1) is 0 Å². The van der Waals surface area contributed by atoms with E-state index in [1.54, 1.807) is 11.3 Å². The van der Waals surface area contributed by atoms with Crippen molar-refractivity contribution in [3.05, 3.63) is 28.2 Å². The molecule has 138 valence electrons. The summed E-state index contributed by atoms with van der Waals surface area (Å²) in [7, 11) is 1.88. The maximum Gasteiger partial charge on any atom is 0.193 e. The molecule has 1 unspecified atom stereocenters. The Balaban J connectivity index is 1.46. The van der Waals surface area contributed by atoms with Gasteiger partial charge in [0.05, 0.1) is 10.7 Å². The van der Waals surface area contributed by atoms with Crippen LogP contribution in [0.5, 0.6) is 0 Å². The Hall–Kier alpha value is -1.40. The van der Waals surface area contributed by atoms with Crippen LogP contribution in [0.1, 0.15) is 37.9 Å². The lowest BCUT2D eigenvalue weighted by Crippen LogP contribution is -2.43. The first-order valence-corrected chi connectivity index (χ1v) is 10.1. The van der Waals surface area contributed by atoms with Gasteiger partial charge in [-0.15, -0.1) is 11.3 Å². The zero-order valence-corrected chi connectivity index (χ0v) is 16.8. The van der Waals surface area contributed by atoms with E-state index in [1.165, 1.54) is 17.1 Å².